The number of hydrogen-bond donors (Lipinski definition) is 1. The Morgan fingerprint density at radius 2 is 2.00 bits per heavy atom. The number of amides is 1. The van der Waals surface area contributed by atoms with Crippen LogP contribution in [0.25, 0.3) is 0 Å². The summed E-state index contributed by atoms with van der Waals surface area (Å²) in [7, 11) is 0. The van der Waals surface area contributed by atoms with Gasteiger partial charge < -0.3 is 10.0 Å². The second kappa shape index (κ2) is 5.20. The van der Waals surface area contributed by atoms with Crippen molar-refractivity contribution in [2.45, 2.75) is 32.7 Å². The van der Waals surface area contributed by atoms with Gasteiger partial charge in [0, 0.05) is 19.6 Å². The summed E-state index contributed by atoms with van der Waals surface area (Å²) in [6.45, 7) is 3.73. The van der Waals surface area contributed by atoms with Gasteiger partial charge in [-0.15, -0.1) is 0 Å². The number of carbonyl (C=O) groups excluding carboxylic acids is 1. The van der Waals surface area contributed by atoms with E-state index in [0.29, 0.717) is 19.6 Å². The molecule has 0 unspecified atom stereocenters. The molecule has 2 heterocycles. The van der Waals surface area contributed by atoms with Crippen molar-refractivity contribution < 1.29 is 14.7 Å². The zero-order chi connectivity index (χ0) is 13.1. The van der Waals surface area contributed by atoms with Gasteiger partial charge in [-0.3, -0.25) is 9.48 Å². The lowest BCUT2D eigenvalue weighted by atomic mass is 10.1. The predicted octanol–water partition coefficient (Wildman–Crippen LogP) is 1.23. The maximum Gasteiger partial charge on any atom is 0.339 e. The van der Waals surface area contributed by atoms with E-state index < -0.39 is 5.97 Å². The van der Waals surface area contributed by atoms with E-state index in [1.54, 1.807) is 4.90 Å². The van der Waals surface area contributed by atoms with Crippen LogP contribution in [0, 0.1) is 0 Å². The van der Waals surface area contributed by atoms with Crippen LogP contribution < -0.4 is 0 Å². The highest BCUT2D eigenvalue weighted by molar-refractivity contribution is 6.03. The lowest BCUT2D eigenvalue weighted by Crippen LogP contribution is -2.37. The first-order chi connectivity index (χ1) is 8.65. The Morgan fingerprint density at radius 3 is 2.56 bits per heavy atom. The number of aromatic nitrogens is 2. The summed E-state index contributed by atoms with van der Waals surface area (Å²) in [5, 5.41) is 13.1. The number of aryl methyl sites for hydroxylation is 1. The molecule has 2 rings (SSSR count). The smallest absolute Gasteiger partial charge is 0.339 e. The minimum absolute atomic E-state index is 0.00702. The molecule has 1 N–H and O–H groups in total. The molecule has 0 aromatic carbocycles. The van der Waals surface area contributed by atoms with E-state index in [0.717, 1.165) is 19.3 Å². The summed E-state index contributed by atoms with van der Waals surface area (Å²) in [5.74, 6) is -1.32. The monoisotopic (exact) mass is 251 g/mol. The lowest BCUT2D eigenvalue weighted by Gasteiger charge is -2.27. The molecule has 1 aromatic rings. The van der Waals surface area contributed by atoms with Crippen LogP contribution in [-0.2, 0) is 6.54 Å². The van der Waals surface area contributed by atoms with E-state index in [2.05, 4.69) is 5.10 Å². The largest absolute Gasteiger partial charge is 0.478 e. The van der Waals surface area contributed by atoms with Gasteiger partial charge in [0.05, 0.1) is 6.20 Å². The molecule has 6 heteroatoms. The fourth-order valence-electron chi connectivity index (χ4n) is 2.25. The maximum absolute atomic E-state index is 12.4. The second-order valence-electron chi connectivity index (χ2n) is 4.38. The van der Waals surface area contributed by atoms with Gasteiger partial charge in [0.25, 0.3) is 5.91 Å². The highest BCUT2D eigenvalue weighted by Gasteiger charge is 2.27. The number of hydrogen-bond acceptors (Lipinski definition) is 3. The van der Waals surface area contributed by atoms with Crippen molar-refractivity contribution in [1.82, 2.24) is 14.7 Å². The predicted molar refractivity (Wildman–Crippen MR) is 64.6 cm³/mol. The number of nitrogens with zero attached hydrogens (tertiary/aromatic N) is 3. The number of aromatic carboxylic acids is 1. The molecule has 1 aliphatic heterocycles. The first-order valence-corrected chi connectivity index (χ1v) is 6.23. The Bertz CT molecular complexity index is 461. The minimum Gasteiger partial charge on any atom is -0.478 e. The number of carbonyl (C=O) groups is 2. The molecular weight excluding hydrogens is 234 g/mol. The molecule has 0 bridgehead atoms. The van der Waals surface area contributed by atoms with E-state index in [1.807, 2.05) is 6.92 Å². The van der Waals surface area contributed by atoms with Crippen LogP contribution in [0.2, 0.25) is 0 Å². The molecule has 18 heavy (non-hydrogen) atoms. The molecule has 98 valence electrons. The Hall–Kier alpha value is -1.85. The SMILES string of the molecule is CCn1ncc(C(=O)O)c1C(=O)N1CCCCC1. The van der Waals surface area contributed by atoms with Crippen molar-refractivity contribution in [3.63, 3.8) is 0 Å². The summed E-state index contributed by atoms with van der Waals surface area (Å²) in [6, 6.07) is 0. The lowest BCUT2D eigenvalue weighted by molar-refractivity contribution is 0.0660. The van der Waals surface area contributed by atoms with Crippen molar-refractivity contribution in [3.8, 4) is 0 Å². The third-order valence-corrected chi connectivity index (χ3v) is 3.22. The number of likely N-dealkylation sites (tertiary alicyclic amines) is 1. The zero-order valence-electron chi connectivity index (χ0n) is 10.4. The summed E-state index contributed by atoms with van der Waals surface area (Å²) in [6.07, 6.45) is 4.34. The van der Waals surface area contributed by atoms with Crippen LogP contribution in [-0.4, -0.2) is 44.8 Å². The standard InChI is InChI=1S/C12H17N3O3/c1-2-15-10(9(8-13-15)12(17)18)11(16)14-6-4-3-5-7-14/h8H,2-7H2,1H3,(H,17,18). The summed E-state index contributed by atoms with van der Waals surface area (Å²) in [5.41, 5.74) is 0.194. The number of carboxylic acid groups (broad SMARTS) is 1. The van der Waals surface area contributed by atoms with Crippen LogP contribution in [0.4, 0.5) is 0 Å². The third kappa shape index (κ3) is 2.23. The normalized spacial score (nSPS) is 15.7. The van der Waals surface area contributed by atoms with Crippen LogP contribution in [0.3, 0.4) is 0 Å². The van der Waals surface area contributed by atoms with E-state index in [1.165, 1.54) is 10.9 Å². The van der Waals surface area contributed by atoms with Crippen molar-refractivity contribution in [2.24, 2.45) is 0 Å². The molecule has 1 fully saturated rings. The van der Waals surface area contributed by atoms with E-state index >= 15 is 0 Å². The topological polar surface area (TPSA) is 75.4 Å². The van der Waals surface area contributed by atoms with Crippen LogP contribution >= 0.6 is 0 Å². The molecule has 6 nitrogen and oxygen atoms in total. The molecule has 0 radical (unpaired) electrons. The average Bonchev–Trinajstić information content (AvgIpc) is 2.82. The molecular formula is C12H17N3O3. The van der Waals surface area contributed by atoms with Crippen molar-refractivity contribution in [2.75, 3.05) is 13.1 Å². The van der Waals surface area contributed by atoms with Crippen LogP contribution in [0.15, 0.2) is 6.20 Å². The average molecular weight is 251 g/mol. The van der Waals surface area contributed by atoms with E-state index in [9.17, 15) is 9.59 Å². The van der Waals surface area contributed by atoms with Crippen molar-refractivity contribution in [3.05, 3.63) is 17.5 Å². The van der Waals surface area contributed by atoms with Crippen molar-refractivity contribution >= 4 is 11.9 Å². The van der Waals surface area contributed by atoms with Gasteiger partial charge in [0.15, 0.2) is 0 Å². The van der Waals surface area contributed by atoms with Gasteiger partial charge in [-0.05, 0) is 26.2 Å². The summed E-state index contributed by atoms with van der Waals surface area (Å²) in [4.78, 5) is 25.2. The highest BCUT2D eigenvalue weighted by atomic mass is 16.4. The molecule has 0 atom stereocenters. The maximum atomic E-state index is 12.4. The van der Waals surface area contributed by atoms with E-state index in [-0.39, 0.29) is 17.2 Å². The summed E-state index contributed by atoms with van der Waals surface area (Å²) < 4.78 is 1.46. The van der Waals surface area contributed by atoms with Gasteiger partial charge in [-0.25, -0.2) is 4.79 Å². The highest BCUT2D eigenvalue weighted by Crippen LogP contribution is 2.16. The Labute approximate surface area is 105 Å². The Balaban J connectivity index is 2.32. The van der Waals surface area contributed by atoms with Gasteiger partial charge in [0.2, 0.25) is 0 Å². The quantitative estimate of drug-likeness (QED) is 0.876. The minimum atomic E-state index is -1.10. The number of carboxylic acids is 1. The fraction of sp³-hybridized carbons (Fsp3) is 0.583. The zero-order valence-corrected chi connectivity index (χ0v) is 10.4. The van der Waals surface area contributed by atoms with Gasteiger partial charge in [0.1, 0.15) is 11.3 Å². The molecule has 1 aliphatic rings. The van der Waals surface area contributed by atoms with Crippen molar-refractivity contribution in [1.29, 1.82) is 0 Å². The first kappa shape index (κ1) is 12.6. The molecule has 0 saturated carbocycles. The molecule has 1 amide bonds. The number of rotatable bonds is 3. The Kier molecular flexibility index (Phi) is 3.64. The molecule has 0 aliphatic carbocycles. The van der Waals surface area contributed by atoms with Gasteiger partial charge in [-0.2, -0.15) is 5.10 Å². The van der Waals surface area contributed by atoms with Crippen LogP contribution in [0.5, 0.6) is 0 Å². The van der Waals surface area contributed by atoms with Gasteiger partial charge in [-0.1, -0.05) is 0 Å². The Morgan fingerprint density at radius 1 is 1.33 bits per heavy atom. The summed E-state index contributed by atoms with van der Waals surface area (Å²) >= 11 is 0. The fourth-order valence-corrected chi connectivity index (χ4v) is 2.25. The van der Waals surface area contributed by atoms with Crippen LogP contribution in [0.1, 0.15) is 47.0 Å². The molecule has 1 aromatic heterocycles. The first-order valence-electron chi connectivity index (χ1n) is 6.23. The number of piperidine rings is 1. The third-order valence-electron chi connectivity index (χ3n) is 3.22. The van der Waals surface area contributed by atoms with E-state index in [4.69, 9.17) is 5.11 Å². The second-order valence-corrected chi connectivity index (χ2v) is 4.38. The molecule has 1 saturated heterocycles. The van der Waals surface area contributed by atoms with Gasteiger partial charge >= 0.3 is 5.97 Å². The molecule has 0 spiro atoms.